The van der Waals surface area contributed by atoms with E-state index in [1.165, 1.54) is 77.0 Å². The van der Waals surface area contributed by atoms with Crippen LogP contribution in [0.15, 0.2) is 12.5 Å². The van der Waals surface area contributed by atoms with E-state index in [1.807, 2.05) is 0 Å². The van der Waals surface area contributed by atoms with E-state index in [2.05, 4.69) is 241 Å². The van der Waals surface area contributed by atoms with E-state index < -0.39 is 65.0 Å². The fraction of sp³-hybridized carbons (Fsp3) is 0.868. The molecule has 0 aliphatic carbocycles. The van der Waals surface area contributed by atoms with Crippen molar-refractivity contribution in [1.82, 2.24) is 5.32 Å². The predicted octanol–water partition coefficient (Wildman–Crippen LogP) is 5.58. The molecule has 1 unspecified atom stereocenters. The second-order valence-corrected chi connectivity index (χ2v) is 17.5. The minimum absolute atomic E-state index is 0.0917. The van der Waals surface area contributed by atoms with Crippen molar-refractivity contribution in [2.45, 2.75) is 174 Å². The van der Waals surface area contributed by atoms with E-state index in [0.29, 0.717) is 12.8 Å². The number of phosphoric ester groups is 1. The van der Waals surface area contributed by atoms with Crippen molar-refractivity contribution in [3.63, 3.8) is 0 Å². The van der Waals surface area contributed by atoms with Crippen LogP contribution in [0.1, 0.15) is 168 Å². The van der Waals surface area contributed by atoms with E-state index in [4.69, 9.17) is 29.0 Å². The first-order valence-electron chi connectivity index (χ1n) is 27.2. The molecule has 0 aliphatic rings. The number of ether oxygens (including phenoxy) is 3. The number of carbonyl (C=O) groups is 3. The molecule has 0 aromatic carbocycles. The van der Waals surface area contributed by atoms with Gasteiger partial charge in [-0.05, 0) is 53.1 Å². The minimum atomic E-state index is -5.00. The second-order valence-electron chi connectivity index (χ2n) is 16.1. The third-order valence-electron chi connectivity index (χ3n) is 9.50. The summed E-state index contributed by atoms with van der Waals surface area (Å²) >= 11 is 0. The van der Waals surface area contributed by atoms with Gasteiger partial charge in [-0.15, -0.1) is 0 Å². The lowest BCUT2D eigenvalue weighted by Gasteiger charge is -2.25. The molecular formula is C38H72N2O54P-. The zero-order valence-electron chi connectivity index (χ0n) is 50.0. The number of carbonyl (C=O) groups excluding carboxylic acids is 3. The Kier molecular flexibility index (Phi) is 74.0. The Bertz CT molecular complexity index is 1680. The van der Waals surface area contributed by atoms with Gasteiger partial charge < -0.3 is 44.1 Å². The van der Waals surface area contributed by atoms with Crippen molar-refractivity contribution in [3.8, 4) is 0 Å². The molecular weight excluding hydrogens is 1380 g/mol. The molecule has 0 heterocycles. The third kappa shape index (κ3) is 77.2. The van der Waals surface area contributed by atoms with Crippen LogP contribution in [0.25, 0.3) is 0 Å². The quantitative estimate of drug-likeness (QED) is 0.0143. The summed E-state index contributed by atoms with van der Waals surface area (Å²) in [7, 11) is -5.00. The highest BCUT2D eigenvalue weighted by molar-refractivity contribution is 7.45. The molecule has 0 aromatic rings. The van der Waals surface area contributed by atoms with Crippen molar-refractivity contribution in [2.24, 2.45) is 5.73 Å². The molecule has 0 saturated heterocycles. The average Bonchev–Trinajstić information content (AvgIpc) is 1.48. The number of nitrogens with two attached hydrogens (primary N) is 1. The summed E-state index contributed by atoms with van der Waals surface area (Å²) in [6.45, 7) is 1.41. The Hall–Kier alpha value is -4.06. The second kappa shape index (κ2) is 77.3. The smallest absolute Gasteiger partial charge is 0.407 e. The molecule has 0 saturated carbocycles. The van der Waals surface area contributed by atoms with Crippen LogP contribution in [0.5, 0.6) is 0 Å². The van der Waals surface area contributed by atoms with Crippen molar-refractivity contribution >= 4 is 25.9 Å². The first kappa shape index (κ1) is 90.9. The normalized spacial score (nSPS) is 12.6. The number of hydrogen-bond donors (Lipinski definition) is 2. The molecule has 1 amide bonds. The van der Waals surface area contributed by atoms with Gasteiger partial charge in [0.1, 0.15) is 26.1 Å². The lowest BCUT2D eigenvalue weighted by atomic mass is 10.1. The molecule has 0 radical (unpaired) electrons. The number of hydrogen-bond acceptors (Lipinski definition) is 55. The molecule has 3 N–H and O–H groups in total. The maximum absolute atomic E-state index is 12.7. The van der Waals surface area contributed by atoms with Crippen molar-refractivity contribution in [2.75, 3.05) is 39.6 Å². The van der Waals surface area contributed by atoms with Crippen LogP contribution in [-0.4, -0.2) is 63.7 Å². The zero-order chi connectivity index (χ0) is 68.8. The standard InChI is InChI=1S/C38H73N2O54P/c1-3-5-7-9-11-13-15-17-19-21-23-25-36(41)47-33-35(52-37(42)26-24-22-20-18-16-14-12-10-8-6-4-2)34-51-95(44,45)50-30-28-40-38(43)46-31-32-49-54-56-58-60-62-64-66-68-70-72-74-76-78-80-82-84-86-88-90-92-94-93-91-89-87-85-83-81-79-77-75-73-71-69-67-65-63-61-59-57-55-53-48-29-27-39/h27,29,35H,3-26,28,30-34,39H2,1-2H3,(H,40,43)(H,44,45)/p-1/b29-27-/t35-/m1/s1. The largest absolute Gasteiger partial charge is 0.756 e. The fourth-order valence-corrected chi connectivity index (χ4v) is 6.54. The van der Waals surface area contributed by atoms with Crippen molar-refractivity contribution < 1.29 is 268 Å². The number of alkyl carbamates (subject to hydrolysis) is 1. The summed E-state index contributed by atoms with van der Waals surface area (Å²) in [4.78, 5) is 58.1. The van der Waals surface area contributed by atoms with Gasteiger partial charge in [-0.1, -0.05) is 142 Å². The minimum Gasteiger partial charge on any atom is -0.756 e. The summed E-state index contributed by atoms with van der Waals surface area (Å²) in [5.74, 6) is -1.11. The lowest BCUT2D eigenvalue weighted by molar-refractivity contribution is -0.909. The number of amides is 1. The number of esters is 2. The Morgan fingerprint density at radius 2 is 0.674 bits per heavy atom. The molecule has 0 spiro atoms. The van der Waals surface area contributed by atoms with Crippen molar-refractivity contribution in [1.29, 1.82) is 0 Å². The van der Waals surface area contributed by atoms with Gasteiger partial charge in [-0.25, -0.2) is 9.68 Å². The van der Waals surface area contributed by atoms with Crippen LogP contribution in [0.3, 0.4) is 0 Å². The van der Waals surface area contributed by atoms with E-state index in [9.17, 15) is 23.8 Å². The summed E-state index contributed by atoms with van der Waals surface area (Å²) in [5, 5.41) is 153. The SMILES string of the molecule is CCCCCCCCCCCCCC(=O)OC[C@H](COP(=O)([O-])OCCNC(=O)OCCOOOOOOOOOOOOOOOOOOOOOOOOOOOOOOOOOOOOOOOOOOOO/C=C\N)OC(=O)CCCCCCCCCCCCC. The third-order valence-corrected chi connectivity index (χ3v) is 10.5. The highest BCUT2D eigenvalue weighted by Crippen LogP contribution is 2.38. The zero-order valence-corrected chi connectivity index (χ0v) is 50.9. The van der Waals surface area contributed by atoms with Crippen LogP contribution < -0.4 is 15.9 Å². The van der Waals surface area contributed by atoms with Gasteiger partial charge in [0.15, 0.2) is 6.10 Å². The number of rotatable bonds is 81. The maximum Gasteiger partial charge on any atom is 0.407 e. The Morgan fingerprint density at radius 3 is 1.01 bits per heavy atom. The van der Waals surface area contributed by atoms with Crippen LogP contribution >= 0.6 is 7.82 Å². The molecule has 95 heavy (non-hydrogen) atoms. The van der Waals surface area contributed by atoms with Gasteiger partial charge in [-0.2, -0.15) is 0 Å². The van der Waals surface area contributed by atoms with Crippen LogP contribution in [-0.2, 0) is 259 Å². The van der Waals surface area contributed by atoms with Gasteiger partial charge in [0, 0.05) is 197 Å². The molecule has 57 heteroatoms. The van der Waals surface area contributed by atoms with Gasteiger partial charge in [0.2, 0.25) is 0 Å². The molecule has 0 bridgehead atoms. The summed E-state index contributed by atoms with van der Waals surface area (Å²) in [5.41, 5.74) is 4.87. The molecule has 0 aromatic heterocycles. The maximum atomic E-state index is 12.7. The van der Waals surface area contributed by atoms with Gasteiger partial charge in [0.25, 0.3) is 7.82 Å². The summed E-state index contributed by atoms with van der Waals surface area (Å²) in [6, 6.07) is 0. The number of phosphoric acid groups is 1. The average molecular weight is 1450 g/mol. The monoisotopic (exact) mass is 1450 g/mol. The topological polar surface area (TPSA) is 582 Å². The Balaban J connectivity index is 3.77. The molecule has 2 atom stereocenters. The van der Waals surface area contributed by atoms with E-state index in [1.54, 1.807) is 0 Å². The first-order chi connectivity index (χ1) is 46.7. The summed E-state index contributed by atoms with van der Waals surface area (Å²) in [6.07, 6.45) is 23.9. The van der Waals surface area contributed by atoms with Crippen LogP contribution in [0, 0.1) is 0 Å². The number of unbranched alkanes of at least 4 members (excludes halogenated alkanes) is 20. The molecule has 0 fully saturated rings. The highest BCUT2D eigenvalue weighted by Gasteiger charge is 2.21. The first-order valence-corrected chi connectivity index (χ1v) is 28.7. The Labute approximate surface area is 531 Å². The van der Waals surface area contributed by atoms with Gasteiger partial charge in [0.05, 0.1) is 13.2 Å². The fourth-order valence-electron chi connectivity index (χ4n) is 5.81. The summed E-state index contributed by atoms with van der Waals surface area (Å²) < 4.78 is 37.8. The number of nitrogens with one attached hydrogen (secondary N) is 1. The molecule has 56 nitrogen and oxygen atoms in total. The van der Waals surface area contributed by atoms with Crippen LogP contribution in [0.2, 0.25) is 0 Å². The highest BCUT2D eigenvalue weighted by atomic mass is 31.2. The molecule has 0 aliphatic heterocycles. The Morgan fingerprint density at radius 1 is 0.368 bits per heavy atom. The van der Waals surface area contributed by atoms with Gasteiger partial charge >= 0.3 is 18.0 Å². The predicted molar refractivity (Wildman–Crippen MR) is 248 cm³/mol. The van der Waals surface area contributed by atoms with Gasteiger partial charge in [-0.3, -0.25) is 14.2 Å². The molecule has 564 valence electrons. The van der Waals surface area contributed by atoms with E-state index in [0.717, 1.165) is 63.8 Å². The van der Waals surface area contributed by atoms with E-state index >= 15 is 0 Å². The lowest BCUT2D eigenvalue weighted by Crippen LogP contribution is -2.31. The van der Waals surface area contributed by atoms with Crippen LogP contribution in [0.4, 0.5) is 4.79 Å². The van der Waals surface area contributed by atoms with Crippen molar-refractivity contribution in [3.05, 3.63) is 12.5 Å². The van der Waals surface area contributed by atoms with E-state index in [-0.39, 0.29) is 19.4 Å². The molecule has 0 rings (SSSR count).